The summed E-state index contributed by atoms with van der Waals surface area (Å²) in [6.07, 6.45) is 14.0. The largest absolute Gasteiger partial charge is 0.462 e. The third kappa shape index (κ3) is 2.30. The quantitative estimate of drug-likeness (QED) is 0.609. The number of hydrogen-bond donors (Lipinski definition) is 0. The van der Waals surface area contributed by atoms with Crippen molar-refractivity contribution in [3.05, 3.63) is 0 Å². The number of carbonyl (C=O) groups is 1. The van der Waals surface area contributed by atoms with E-state index in [0.717, 1.165) is 30.1 Å². The molecule has 0 aromatic rings. The van der Waals surface area contributed by atoms with Gasteiger partial charge in [-0.1, -0.05) is 26.7 Å². The summed E-state index contributed by atoms with van der Waals surface area (Å²) < 4.78 is 5.76. The van der Waals surface area contributed by atoms with Crippen LogP contribution in [-0.2, 0) is 9.53 Å². The maximum Gasteiger partial charge on any atom is 0.302 e. The fourth-order valence-corrected chi connectivity index (χ4v) is 7.64. The van der Waals surface area contributed by atoms with Gasteiger partial charge in [-0.25, -0.2) is 0 Å². The molecule has 0 unspecified atom stereocenters. The van der Waals surface area contributed by atoms with E-state index in [-0.39, 0.29) is 17.5 Å². The second-order valence-electron chi connectivity index (χ2n) is 9.62. The Bertz CT molecular complexity index is 486. The van der Waals surface area contributed by atoms with Crippen LogP contribution in [0.15, 0.2) is 0 Å². The summed E-state index contributed by atoms with van der Waals surface area (Å²) in [4.78, 5) is 11.5. The molecule has 4 aliphatic carbocycles. The molecular formula is C21H34O2. The van der Waals surface area contributed by atoms with Crippen molar-refractivity contribution in [2.24, 2.45) is 34.5 Å². The van der Waals surface area contributed by atoms with Gasteiger partial charge < -0.3 is 4.74 Å². The van der Waals surface area contributed by atoms with Gasteiger partial charge in [0, 0.05) is 12.3 Å². The van der Waals surface area contributed by atoms with Gasteiger partial charge in [-0.2, -0.15) is 0 Å². The Hall–Kier alpha value is -0.530. The molecule has 0 heterocycles. The molecule has 2 heteroatoms. The predicted molar refractivity (Wildman–Crippen MR) is 91.9 cm³/mol. The molecule has 0 spiro atoms. The van der Waals surface area contributed by atoms with E-state index in [1.807, 2.05) is 0 Å². The average Bonchev–Trinajstić information content (AvgIpc) is 2.83. The minimum atomic E-state index is -0.0815. The summed E-state index contributed by atoms with van der Waals surface area (Å²) in [6.45, 7) is 6.65. The molecule has 0 amide bonds. The number of rotatable bonds is 1. The van der Waals surface area contributed by atoms with Crippen molar-refractivity contribution < 1.29 is 9.53 Å². The second-order valence-corrected chi connectivity index (χ2v) is 9.62. The van der Waals surface area contributed by atoms with Gasteiger partial charge in [0.05, 0.1) is 0 Å². The zero-order valence-electron chi connectivity index (χ0n) is 15.3. The molecule has 0 aliphatic heterocycles. The second kappa shape index (κ2) is 5.49. The molecule has 130 valence electrons. The topological polar surface area (TPSA) is 26.3 Å². The van der Waals surface area contributed by atoms with E-state index >= 15 is 0 Å². The van der Waals surface area contributed by atoms with Crippen LogP contribution in [0, 0.1) is 34.5 Å². The summed E-state index contributed by atoms with van der Waals surface area (Å²) in [5.41, 5.74) is 0.868. The minimum Gasteiger partial charge on any atom is -0.462 e. The van der Waals surface area contributed by atoms with Crippen molar-refractivity contribution in [2.45, 2.75) is 91.1 Å². The Balaban J connectivity index is 1.59. The molecule has 4 aliphatic rings. The maximum atomic E-state index is 11.5. The molecule has 0 aromatic carbocycles. The van der Waals surface area contributed by atoms with Crippen molar-refractivity contribution in [1.82, 2.24) is 0 Å². The third-order valence-electron chi connectivity index (χ3n) is 8.80. The van der Waals surface area contributed by atoms with Crippen LogP contribution in [-0.4, -0.2) is 12.1 Å². The molecular weight excluding hydrogens is 284 g/mol. The maximum absolute atomic E-state index is 11.5. The Morgan fingerprint density at radius 3 is 2.43 bits per heavy atom. The van der Waals surface area contributed by atoms with Crippen molar-refractivity contribution in [1.29, 1.82) is 0 Å². The molecule has 0 saturated heterocycles. The molecule has 23 heavy (non-hydrogen) atoms. The number of carbonyl (C=O) groups excluding carboxylic acids is 1. The van der Waals surface area contributed by atoms with Crippen LogP contribution < -0.4 is 0 Å². The lowest BCUT2D eigenvalue weighted by Gasteiger charge is -2.60. The van der Waals surface area contributed by atoms with Crippen molar-refractivity contribution in [2.75, 3.05) is 0 Å². The lowest BCUT2D eigenvalue weighted by atomic mass is 9.45. The van der Waals surface area contributed by atoms with E-state index in [4.69, 9.17) is 4.74 Å². The average molecular weight is 319 g/mol. The highest BCUT2D eigenvalue weighted by atomic mass is 16.5. The molecule has 2 nitrogen and oxygen atoms in total. The highest BCUT2D eigenvalue weighted by molar-refractivity contribution is 5.66. The molecule has 4 saturated carbocycles. The van der Waals surface area contributed by atoms with E-state index in [1.54, 1.807) is 6.92 Å². The van der Waals surface area contributed by atoms with E-state index in [1.165, 1.54) is 57.8 Å². The molecule has 4 rings (SSSR count). The van der Waals surface area contributed by atoms with Crippen LogP contribution in [0.4, 0.5) is 0 Å². The monoisotopic (exact) mass is 318 g/mol. The molecule has 4 fully saturated rings. The minimum absolute atomic E-state index is 0.0815. The number of fused-ring (bicyclic) bond motifs is 5. The van der Waals surface area contributed by atoms with Crippen LogP contribution in [0.5, 0.6) is 0 Å². The first-order valence-electron chi connectivity index (χ1n) is 10.1. The van der Waals surface area contributed by atoms with Gasteiger partial charge in [0.15, 0.2) is 0 Å². The predicted octanol–water partition coefficient (Wildman–Crippen LogP) is 5.35. The number of hydrogen-bond acceptors (Lipinski definition) is 2. The SMILES string of the molecule is CC(=O)O[C@@H]1CC[C@@H]2[C@@H]3CC[C@H]4CCCC[C@]4(C)[C@H]3CC[C@]21C. The molecule has 0 radical (unpaired) electrons. The first-order valence-corrected chi connectivity index (χ1v) is 10.1. The van der Waals surface area contributed by atoms with Gasteiger partial charge >= 0.3 is 5.97 Å². The van der Waals surface area contributed by atoms with Crippen LogP contribution in [0.2, 0.25) is 0 Å². The van der Waals surface area contributed by atoms with E-state index in [9.17, 15) is 4.79 Å². The van der Waals surface area contributed by atoms with Crippen molar-refractivity contribution in [3.63, 3.8) is 0 Å². The van der Waals surface area contributed by atoms with Crippen molar-refractivity contribution in [3.8, 4) is 0 Å². The van der Waals surface area contributed by atoms with Crippen LogP contribution in [0.3, 0.4) is 0 Å². The van der Waals surface area contributed by atoms with E-state index in [2.05, 4.69) is 13.8 Å². The Morgan fingerprint density at radius 2 is 1.65 bits per heavy atom. The first-order chi connectivity index (χ1) is 10.9. The normalized spacial score (nSPS) is 52.2. The number of esters is 1. The van der Waals surface area contributed by atoms with Gasteiger partial charge in [0.25, 0.3) is 0 Å². The third-order valence-corrected chi connectivity index (χ3v) is 8.80. The summed E-state index contributed by atoms with van der Waals surface area (Å²) in [5, 5.41) is 0. The van der Waals surface area contributed by atoms with Crippen LogP contribution in [0.25, 0.3) is 0 Å². The van der Waals surface area contributed by atoms with Gasteiger partial charge in [0.2, 0.25) is 0 Å². The zero-order valence-corrected chi connectivity index (χ0v) is 15.3. The first kappa shape index (κ1) is 16.0. The van der Waals surface area contributed by atoms with Crippen molar-refractivity contribution >= 4 is 5.97 Å². The Kier molecular flexibility index (Phi) is 3.81. The standard InChI is InChI=1S/C21H34O2/c1-14(22)23-19-10-9-17-16-8-7-15-6-4-5-12-20(15,2)18(16)11-13-21(17,19)3/h15-19H,4-13H2,1-3H3/t15-,16+,17-,18+,19-,20+,21-/m1/s1. The van der Waals surface area contributed by atoms with E-state index < -0.39 is 0 Å². The highest BCUT2D eigenvalue weighted by Crippen LogP contribution is 2.66. The fourth-order valence-electron chi connectivity index (χ4n) is 7.64. The van der Waals surface area contributed by atoms with Gasteiger partial charge in [-0.3, -0.25) is 4.79 Å². The lowest BCUT2D eigenvalue weighted by Crippen LogP contribution is -2.53. The number of ether oxygens (including phenoxy) is 1. The lowest BCUT2D eigenvalue weighted by molar-refractivity contribution is -0.161. The smallest absolute Gasteiger partial charge is 0.302 e. The summed E-state index contributed by atoms with van der Waals surface area (Å²) in [6, 6.07) is 0. The van der Waals surface area contributed by atoms with Crippen LogP contribution >= 0.6 is 0 Å². The van der Waals surface area contributed by atoms with Crippen LogP contribution in [0.1, 0.15) is 85.0 Å². The Morgan fingerprint density at radius 1 is 0.870 bits per heavy atom. The molecule has 0 aromatic heterocycles. The fraction of sp³-hybridized carbons (Fsp3) is 0.952. The highest BCUT2D eigenvalue weighted by Gasteiger charge is 2.60. The molecule has 0 N–H and O–H groups in total. The summed E-state index contributed by atoms with van der Waals surface area (Å²) >= 11 is 0. The zero-order chi connectivity index (χ0) is 16.2. The Labute approximate surface area is 141 Å². The van der Waals surface area contributed by atoms with Gasteiger partial charge in [-0.15, -0.1) is 0 Å². The van der Waals surface area contributed by atoms with E-state index in [0.29, 0.717) is 5.41 Å². The summed E-state index contributed by atoms with van der Waals surface area (Å²) in [5.74, 6) is 3.55. The van der Waals surface area contributed by atoms with Gasteiger partial charge in [-0.05, 0) is 80.5 Å². The molecule has 7 atom stereocenters. The molecule has 0 bridgehead atoms. The summed E-state index contributed by atoms with van der Waals surface area (Å²) in [7, 11) is 0. The van der Waals surface area contributed by atoms with Gasteiger partial charge in [0.1, 0.15) is 6.10 Å².